The van der Waals surface area contributed by atoms with Crippen LogP contribution in [0.25, 0.3) is 11.1 Å². The molecule has 3 rings (SSSR count). The van der Waals surface area contributed by atoms with Crippen molar-refractivity contribution in [3.8, 4) is 16.9 Å². The molecule has 2 heterocycles. The van der Waals surface area contributed by atoms with Crippen LogP contribution in [-0.2, 0) is 5.60 Å². The van der Waals surface area contributed by atoms with E-state index in [2.05, 4.69) is 9.97 Å². The topological polar surface area (TPSA) is 55.2 Å². The van der Waals surface area contributed by atoms with Gasteiger partial charge in [0.15, 0.2) is 6.61 Å². The van der Waals surface area contributed by atoms with E-state index in [1.807, 2.05) is 32.9 Å². The Kier molecular flexibility index (Phi) is 5.85. The molecule has 0 saturated carbocycles. The number of aliphatic hydroxyl groups is 1. The molecule has 4 nitrogen and oxygen atoms in total. The lowest BCUT2D eigenvalue weighted by atomic mass is 9.70. The van der Waals surface area contributed by atoms with Crippen LogP contribution in [0, 0.1) is 5.41 Å². The molecule has 3 aromatic rings. The van der Waals surface area contributed by atoms with Crippen molar-refractivity contribution in [3.05, 3.63) is 78.4 Å². The quantitative estimate of drug-likeness (QED) is 0.608. The normalized spacial score (nSPS) is 14.2. The van der Waals surface area contributed by atoms with Gasteiger partial charge in [-0.05, 0) is 29.8 Å². The Hall–Kier alpha value is -2.93. The van der Waals surface area contributed by atoms with E-state index in [-0.39, 0.29) is 5.75 Å². The lowest BCUT2D eigenvalue weighted by Gasteiger charge is -2.40. The predicted octanol–water partition coefficient (Wildman–Crippen LogP) is 5.37. The number of alkyl halides is 3. The molecular weight excluding hydrogens is 393 g/mol. The Bertz CT molecular complexity index is 967. The summed E-state index contributed by atoms with van der Waals surface area (Å²) in [5, 5.41) is 11.6. The van der Waals surface area contributed by atoms with Crippen LogP contribution in [0.15, 0.2) is 67.1 Å². The van der Waals surface area contributed by atoms with Crippen LogP contribution in [0.1, 0.15) is 32.0 Å². The third-order valence-electron chi connectivity index (χ3n) is 4.89. The number of pyridine rings is 2. The molecule has 0 bridgehead atoms. The summed E-state index contributed by atoms with van der Waals surface area (Å²) >= 11 is 0. The molecule has 1 atom stereocenters. The highest BCUT2D eigenvalue weighted by molar-refractivity contribution is 5.63. The fraction of sp³-hybridized carbons (Fsp3) is 0.304. The van der Waals surface area contributed by atoms with E-state index in [0.29, 0.717) is 11.3 Å². The van der Waals surface area contributed by atoms with Crippen molar-refractivity contribution >= 4 is 0 Å². The van der Waals surface area contributed by atoms with Crippen molar-refractivity contribution in [2.45, 2.75) is 32.5 Å². The van der Waals surface area contributed by atoms with E-state index in [1.54, 1.807) is 42.9 Å². The third kappa shape index (κ3) is 4.62. The molecule has 0 aliphatic rings. The zero-order chi connectivity index (χ0) is 22.0. The summed E-state index contributed by atoms with van der Waals surface area (Å²) in [5.74, 6) is 0.138. The number of halogens is 3. The minimum atomic E-state index is -4.38. The van der Waals surface area contributed by atoms with Crippen molar-refractivity contribution in [1.29, 1.82) is 0 Å². The maximum Gasteiger partial charge on any atom is 0.422 e. The van der Waals surface area contributed by atoms with Crippen molar-refractivity contribution in [2.75, 3.05) is 6.61 Å². The summed E-state index contributed by atoms with van der Waals surface area (Å²) in [7, 11) is 0. The molecule has 0 aliphatic heterocycles. The highest BCUT2D eigenvalue weighted by Crippen LogP contribution is 2.43. The van der Waals surface area contributed by atoms with Gasteiger partial charge in [0.2, 0.25) is 0 Å². The molecule has 0 fully saturated rings. The van der Waals surface area contributed by atoms with Gasteiger partial charge in [-0.2, -0.15) is 13.2 Å². The van der Waals surface area contributed by atoms with Gasteiger partial charge in [0.25, 0.3) is 0 Å². The second-order valence-electron chi connectivity index (χ2n) is 8.06. The van der Waals surface area contributed by atoms with Crippen LogP contribution in [0.2, 0.25) is 0 Å². The number of ether oxygens (including phenoxy) is 1. The molecule has 0 aliphatic carbocycles. The molecule has 7 heteroatoms. The van der Waals surface area contributed by atoms with E-state index in [0.717, 1.165) is 11.1 Å². The van der Waals surface area contributed by atoms with Crippen molar-refractivity contribution < 1.29 is 23.0 Å². The zero-order valence-corrected chi connectivity index (χ0v) is 16.9. The van der Waals surface area contributed by atoms with Gasteiger partial charge in [0.1, 0.15) is 11.4 Å². The number of aromatic nitrogens is 2. The average molecular weight is 416 g/mol. The molecule has 0 spiro atoms. The molecule has 1 unspecified atom stereocenters. The lowest BCUT2D eigenvalue weighted by molar-refractivity contribution is -0.153. The van der Waals surface area contributed by atoms with E-state index < -0.39 is 23.8 Å². The van der Waals surface area contributed by atoms with Gasteiger partial charge in [0, 0.05) is 35.1 Å². The highest BCUT2D eigenvalue weighted by atomic mass is 19.4. The molecule has 0 saturated heterocycles. The summed E-state index contributed by atoms with van der Waals surface area (Å²) in [6, 6.07) is 13.4. The van der Waals surface area contributed by atoms with Crippen LogP contribution < -0.4 is 4.74 Å². The first kappa shape index (κ1) is 21.8. The van der Waals surface area contributed by atoms with E-state index >= 15 is 0 Å². The first-order chi connectivity index (χ1) is 14.0. The molecule has 2 aromatic heterocycles. The Labute approximate surface area is 173 Å². The Morgan fingerprint density at radius 2 is 1.57 bits per heavy atom. The predicted molar refractivity (Wildman–Crippen MR) is 108 cm³/mol. The summed E-state index contributed by atoms with van der Waals surface area (Å²) in [5.41, 5.74) is 0.760. The van der Waals surface area contributed by atoms with E-state index in [1.165, 1.54) is 12.1 Å². The fourth-order valence-corrected chi connectivity index (χ4v) is 3.23. The smallest absolute Gasteiger partial charge is 0.422 e. The van der Waals surface area contributed by atoms with Crippen LogP contribution >= 0.6 is 0 Å². The van der Waals surface area contributed by atoms with Gasteiger partial charge in [0.05, 0.1) is 5.69 Å². The average Bonchev–Trinajstić information content (AvgIpc) is 2.71. The summed E-state index contributed by atoms with van der Waals surface area (Å²) < 4.78 is 41.5. The first-order valence-electron chi connectivity index (χ1n) is 9.40. The third-order valence-corrected chi connectivity index (χ3v) is 4.89. The highest BCUT2D eigenvalue weighted by Gasteiger charge is 2.44. The lowest BCUT2D eigenvalue weighted by Crippen LogP contribution is -2.42. The molecule has 158 valence electrons. The monoisotopic (exact) mass is 416 g/mol. The number of nitrogens with zero attached hydrogens (tertiary/aromatic N) is 2. The molecule has 1 N–H and O–H groups in total. The van der Waals surface area contributed by atoms with Crippen molar-refractivity contribution in [3.63, 3.8) is 0 Å². The number of hydrogen-bond acceptors (Lipinski definition) is 4. The Morgan fingerprint density at radius 1 is 0.900 bits per heavy atom. The Morgan fingerprint density at radius 3 is 2.07 bits per heavy atom. The van der Waals surface area contributed by atoms with Gasteiger partial charge in [-0.25, -0.2) is 0 Å². The number of rotatable bonds is 5. The minimum absolute atomic E-state index is 0.138. The number of hydrogen-bond donors (Lipinski definition) is 1. The van der Waals surface area contributed by atoms with Gasteiger partial charge in [-0.1, -0.05) is 45.0 Å². The number of benzene rings is 1. The fourth-order valence-electron chi connectivity index (χ4n) is 3.23. The molecular formula is C23H23F3N2O2. The second kappa shape index (κ2) is 8.07. The molecule has 1 aromatic carbocycles. The van der Waals surface area contributed by atoms with Crippen molar-refractivity contribution in [1.82, 2.24) is 9.97 Å². The van der Waals surface area contributed by atoms with Gasteiger partial charge >= 0.3 is 6.18 Å². The summed E-state index contributed by atoms with van der Waals surface area (Å²) in [4.78, 5) is 8.63. The minimum Gasteiger partial charge on any atom is -0.484 e. The van der Waals surface area contributed by atoms with Crippen molar-refractivity contribution in [2.24, 2.45) is 5.41 Å². The van der Waals surface area contributed by atoms with Gasteiger partial charge < -0.3 is 9.84 Å². The molecule has 0 radical (unpaired) electrons. The SMILES string of the molecule is CC(C)(C)C(O)(c1cccnc1)c1ccc(-c2ccc(OCC(F)(F)F)cc2)cn1. The van der Waals surface area contributed by atoms with Gasteiger partial charge in [-0.15, -0.1) is 0 Å². The van der Waals surface area contributed by atoms with Gasteiger partial charge in [-0.3, -0.25) is 9.97 Å². The summed E-state index contributed by atoms with van der Waals surface area (Å²) in [6.07, 6.45) is 0.524. The first-order valence-corrected chi connectivity index (χ1v) is 9.40. The standard InChI is InChI=1S/C23H23F3N2O2/c1-21(2,3)23(29,18-5-4-12-27-14-18)20-11-8-17(13-28-20)16-6-9-19(10-7-16)30-15-22(24,25)26/h4-14,29H,15H2,1-3H3. The van der Waals surface area contributed by atoms with Crippen LogP contribution in [0.4, 0.5) is 13.2 Å². The van der Waals surface area contributed by atoms with Crippen LogP contribution in [-0.4, -0.2) is 27.9 Å². The van der Waals surface area contributed by atoms with E-state index in [4.69, 9.17) is 4.74 Å². The second-order valence-corrected chi connectivity index (χ2v) is 8.06. The maximum absolute atomic E-state index is 12.3. The Balaban J connectivity index is 1.86. The molecule has 0 amide bonds. The summed E-state index contributed by atoms with van der Waals surface area (Å²) in [6.45, 7) is 4.45. The largest absolute Gasteiger partial charge is 0.484 e. The van der Waals surface area contributed by atoms with Crippen LogP contribution in [0.3, 0.4) is 0 Å². The van der Waals surface area contributed by atoms with Crippen LogP contribution in [0.5, 0.6) is 5.75 Å². The maximum atomic E-state index is 12.3. The van der Waals surface area contributed by atoms with E-state index in [9.17, 15) is 18.3 Å². The zero-order valence-electron chi connectivity index (χ0n) is 16.9. The molecule has 30 heavy (non-hydrogen) atoms.